The van der Waals surface area contributed by atoms with E-state index in [0.717, 1.165) is 12.1 Å². The van der Waals surface area contributed by atoms with Crippen LogP contribution in [-0.2, 0) is 22.6 Å². The van der Waals surface area contributed by atoms with Crippen molar-refractivity contribution >= 4 is 30.9 Å². The van der Waals surface area contributed by atoms with E-state index in [-0.39, 0.29) is 24.0 Å². The summed E-state index contributed by atoms with van der Waals surface area (Å²) >= 11 is 0. The van der Waals surface area contributed by atoms with E-state index in [0.29, 0.717) is 23.4 Å². The Morgan fingerprint density at radius 2 is 1.82 bits per heavy atom. The summed E-state index contributed by atoms with van der Waals surface area (Å²) in [5.41, 5.74) is 0.647. The third kappa shape index (κ3) is 5.61. The second-order valence-electron chi connectivity index (χ2n) is 10.4. The lowest BCUT2D eigenvalue weighted by atomic mass is 9.95. The lowest BCUT2D eigenvalue weighted by Gasteiger charge is -2.36. The summed E-state index contributed by atoms with van der Waals surface area (Å²) in [6.07, 6.45) is -0.323. The Kier molecular flexibility index (Phi) is 7.14. The van der Waals surface area contributed by atoms with E-state index in [1.807, 2.05) is 19.6 Å². The zero-order valence-corrected chi connectivity index (χ0v) is 21.3. The number of nitrogens with one attached hydrogen (secondary N) is 1. The maximum atomic E-state index is 14.7. The zero-order valence-electron chi connectivity index (χ0n) is 20.3. The molecule has 34 heavy (non-hydrogen) atoms. The van der Waals surface area contributed by atoms with Crippen molar-refractivity contribution in [3.63, 3.8) is 0 Å². The molecule has 1 atom stereocenters. The van der Waals surface area contributed by atoms with Crippen LogP contribution in [0.2, 0.25) is 19.6 Å². The Hall–Kier alpha value is -2.85. The number of pyridine rings is 1. The van der Waals surface area contributed by atoms with Gasteiger partial charge in [0.2, 0.25) is 0 Å². The Balaban J connectivity index is 1.99. The molecule has 0 radical (unpaired) electrons. The van der Waals surface area contributed by atoms with Crippen molar-refractivity contribution in [3.05, 3.63) is 52.9 Å². The fourth-order valence-corrected chi connectivity index (χ4v) is 5.57. The maximum absolute atomic E-state index is 14.7. The normalized spacial score (nSPS) is 16.1. The molecule has 3 rings (SSSR count). The Labute approximate surface area is 199 Å². The highest BCUT2D eigenvalue weighted by atomic mass is 28.3. The van der Waals surface area contributed by atoms with Crippen molar-refractivity contribution in [3.8, 4) is 0 Å². The number of ether oxygens (including phenoxy) is 1. The van der Waals surface area contributed by atoms with Crippen LogP contribution in [-0.4, -0.2) is 47.2 Å². The van der Waals surface area contributed by atoms with Gasteiger partial charge in [0.1, 0.15) is 23.3 Å². The number of anilines is 1. The van der Waals surface area contributed by atoms with Crippen molar-refractivity contribution in [2.24, 2.45) is 0 Å². The first-order chi connectivity index (χ1) is 15.7. The van der Waals surface area contributed by atoms with E-state index in [9.17, 15) is 23.5 Å². The van der Waals surface area contributed by atoms with E-state index in [1.54, 1.807) is 32.9 Å². The monoisotopic (exact) mass is 491 g/mol. The van der Waals surface area contributed by atoms with Crippen molar-refractivity contribution in [1.82, 2.24) is 9.88 Å². The molecule has 0 spiro atoms. The van der Waals surface area contributed by atoms with Crippen molar-refractivity contribution in [2.75, 3.05) is 11.9 Å². The van der Waals surface area contributed by atoms with E-state index in [2.05, 4.69) is 10.3 Å². The van der Waals surface area contributed by atoms with Gasteiger partial charge in [0.15, 0.2) is 0 Å². The molecule has 0 aliphatic carbocycles. The minimum Gasteiger partial charge on any atom is -0.444 e. The standard InChI is InChI=1S/C24H31F2N3O4Si/c1-24(2,3)33-23(32)29-10-9-19-16(8-7-14(13-30)27-19)20(29)22(31)28-15-11-17(25)21(18(26)12-15)34(4,5)6/h7-8,11-12,20,30H,9-10,13H2,1-6H3,(H,28,31). The summed E-state index contributed by atoms with van der Waals surface area (Å²) in [5, 5.41) is 12.0. The molecule has 7 nitrogen and oxygen atoms in total. The van der Waals surface area contributed by atoms with Crippen LogP contribution in [0.1, 0.15) is 43.8 Å². The predicted molar refractivity (Wildman–Crippen MR) is 128 cm³/mol. The minimum absolute atomic E-state index is 0.0433. The number of aliphatic hydroxyl groups is 1. The smallest absolute Gasteiger partial charge is 0.411 e. The van der Waals surface area contributed by atoms with E-state index in [4.69, 9.17) is 4.74 Å². The van der Waals surface area contributed by atoms with Crippen molar-refractivity contribution in [2.45, 2.75) is 65.1 Å². The van der Waals surface area contributed by atoms with Gasteiger partial charge < -0.3 is 15.2 Å². The molecule has 1 aromatic carbocycles. The number of fused-ring (bicyclic) bond motifs is 1. The van der Waals surface area contributed by atoms with Crippen molar-refractivity contribution < 1.29 is 28.2 Å². The topological polar surface area (TPSA) is 91.8 Å². The quantitative estimate of drug-likeness (QED) is 0.634. The summed E-state index contributed by atoms with van der Waals surface area (Å²) in [7, 11) is -2.28. The molecule has 1 unspecified atom stereocenters. The van der Waals surface area contributed by atoms with E-state index < -0.39 is 43.4 Å². The number of hydrogen-bond donors (Lipinski definition) is 2. The van der Waals surface area contributed by atoms with Crippen LogP contribution >= 0.6 is 0 Å². The van der Waals surface area contributed by atoms with Gasteiger partial charge in [-0.2, -0.15) is 0 Å². The summed E-state index contributed by atoms with van der Waals surface area (Å²) in [5.74, 6) is -2.07. The van der Waals surface area contributed by atoms with Crippen LogP contribution in [0.25, 0.3) is 0 Å². The molecule has 0 saturated heterocycles. The molecule has 1 aliphatic heterocycles. The fourth-order valence-electron chi connectivity index (χ4n) is 3.99. The van der Waals surface area contributed by atoms with Gasteiger partial charge in [-0.15, -0.1) is 0 Å². The summed E-state index contributed by atoms with van der Waals surface area (Å²) < 4.78 is 35.0. The third-order valence-corrected chi connectivity index (χ3v) is 7.34. The molecule has 2 amide bonds. The number of rotatable bonds is 4. The number of halogens is 2. The Morgan fingerprint density at radius 1 is 1.21 bits per heavy atom. The SMILES string of the molecule is CC(C)(C)OC(=O)N1CCc2nc(CO)ccc2C1C(=O)Nc1cc(F)c([Si](C)(C)C)c(F)c1. The molecular weight excluding hydrogens is 460 g/mol. The molecular formula is C24H31F2N3O4Si. The molecule has 0 bridgehead atoms. The lowest BCUT2D eigenvalue weighted by Crippen LogP contribution is -2.47. The molecule has 2 aromatic rings. The maximum Gasteiger partial charge on any atom is 0.411 e. The van der Waals surface area contributed by atoms with Gasteiger partial charge in [0.25, 0.3) is 5.91 Å². The van der Waals surface area contributed by atoms with Gasteiger partial charge in [-0.3, -0.25) is 14.7 Å². The fraction of sp³-hybridized carbons (Fsp3) is 0.458. The number of benzene rings is 1. The molecule has 2 N–H and O–H groups in total. The highest BCUT2D eigenvalue weighted by Crippen LogP contribution is 2.32. The van der Waals surface area contributed by atoms with Crippen LogP contribution in [0.3, 0.4) is 0 Å². The number of aromatic nitrogens is 1. The molecule has 1 aromatic heterocycles. The highest BCUT2D eigenvalue weighted by Gasteiger charge is 2.39. The van der Waals surface area contributed by atoms with Gasteiger partial charge >= 0.3 is 6.09 Å². The number of carbonyl (C=O) groups is 2. The number of carbonyl (C=O) groups excluding carboxylic acids is 2. The van der Waals surface area contributed by atoms with Gasteiger partial charge in [0.05, 0.1) is 20.4 Å². The van der Waals surface area contributed by atoms with Crippen LogP contribution in [0.5, 0.6) is 0 Å². The van der Waals surface area contributed by atoms with Gasteiger partial charge in [-0.1, -0.05) is 25.7 Å². The summed E-state index contributed by atoms with van der Waals surface area (Å²) in [6.45, 7) is 10.5. The minimum atomic E-state index is -2.28. The molecule has 1 aliphatic rings. The van der Waals surface area contributed by atoms with Crippen LogP contribution in [0.4, 0.5) is 19.3 Å². The third-order valence-electron chi connectivity index (χ3n) is 5.36. The Bertz CT molecular complexity index is 1090. The average Bonchev–Trinajstić information content (AvgIpc) is 2.69. The average molecular weight is 492 g/mol. The number of amides is 2. The second kappa shape index (κ2) is 9.42. The van der Waals surface area contributed by atoms with Gasteiger partial charge in [-0.25, -0.2) is 13.6 Å². The summed E-state index contributed by atoms with van der Waals surface area (Å²) in [6, 6.07) is 4.28. The first-order valence-corrected chi connectivity index (χ1v) is 14.6. The van der Waals surface area contributed by atoms with Crippen LogP contribution < -0.4 is 10.5 Å². The number of aliphatic hydroxyl groups excluding tert-OH is 1. The molecule has 184 valence electrons. The largest absolute Gasteiger partial charge is 0.444 e. The first kappa shape index (κ1) is 25.8. The molecule has 0 fully saturated rings. The molecule has 0 saturated carbocycles. The van der Waals surface area contributed by atoms with Gasteiger partial charge in [-0.05, 0) is 39.0 Å². The molecule has 2 heterocycles. The van der Waals surface area contributed by atoms with Crippen LogP contribution in [0, 0.1) is 11.6 Å². The highest BCUT2D eigenvalue weighted by molar-refractivity contribution is 6.88. The number of nitrogens with zero attached hydrogens (tertiary/aromatic N) is 2. The zero-order chi connectivity index (χ0) is 25.4. The van der Waals surface area contributed by atoms with E-state index in [1.165, 1.54) is 4.90 Å². The second-order valence-corrected chi connectivity index (χ2v) is 15.4. The van der Waals surface area contributed by atoms with Crippen molar-refractivity contribution in [1.29, 1.82) is 0 Å². The predicted octanol–water partition coefficient (Wildman–Crippen LogP) is 3.87. The first-order valence-electron chi connectivity index (χ1n) is 11.1. The Morgan fingerprint density at radius 3 is 2.35 bits per heavy atom. The number of hydrogen-bond acceptors (Lipinski definition) is 5. The van der Waals surface area contributed by atoms with Gasteiger partial charge in [0, 0.05) is 35.1 Å². The molecule has 10 heteroatoms. The lowest BCUT2D eigenvalue weighted by molar-refractivity contribution is -0.122. The van der Waals surface area contributed by atoms with E-state index >= 15 is 0 Å². The van der Waals surface area contributed by atoms with Crippen LogP contribution in [0.15, 0.2) is 24.3 Å². The summed E-state index contributed by atoms with van der Waals surface area (Å²) in [4.78, 5) is 32.0.